The minimum absolute atomic E-state index is 0.0921. The van der Waals surface area contributed by atoms with Gasteiger partial charge in [0.2, 0.25) is 0 Å². The maximum Gasteiger partial charge on any atom is 0.267 e. The zero-order chi connectivity index (χ0) is 19.8. The second kappa shape index (κ2) is 7.72. The van der Waals surface area contributed by atoms with Gasteiger partial charge in [-0.1, -0.05) is 19.1 Å². The molecule has 1 amide bonds. The van der Waals surface area contributed by atoms with Crippen LogP contribution < -0.4 is 5.32 Å². The third kappa shape index (κ3) is 3.49. The molecule has 0 fully saturated rings. The summed E-state index contributed by atoms with van der Waals surface area (Å²) in [7, 11) is 0. The summed E-state index contributed by atoms with van der Waals surface area (Å²) in [5.74, 6) is 0.840. The van der Waals surface area contributed by atoms with Gasteiger partial charge in [0.15, 0.2) is 11.0 Å². The normalized spacial score (nSPS) is 13.6. The van der Waals surface area contributed by atoms with Crippen molar-refractivity contribution in [2.45, 2.75) is 45.6 Å². The molecular weight excluding hydrogens is 400 g/mol. The molecule has 1 aliphatic carbocycles. The molecule has 0 aliphatic heterocycles. The lowest BCUT2D eigenvalue weighted by atomic mass is 10.0. The number of carbonyl (C=O) groups excluding carboxylic acids is 1. The number of fused-ring (bicyclic) bond motifs is 2. The number of anilines is 1. The Kier molecular flexibility index (Phi) is 4.93. The van der Waals surface area contributed by atoms with Crippen LogP contribution in [0.3, 0.4) is 0 Å². The smallest absolute Gasteiger partial charge is 0.267 e. The van der Waals surface area contributed by atoms with Gasteiger partial charge in [0.05, 0.1) is 26.5 Å². The largest absolute Gasteiger partial charge is 0.323 e. The van der Waals surface area contributed by atoms with Gasteiger partial charge in [-0.15, -0.1) is 22.7 Å². The summed E-state index contributed by atoms with van der Waals surface area (Å²) in [6, 6.07) is 12.1. The Hall–Kier alpha value is -2.51. The molecule has 0 spiro atoms. The molecule has 4 aromatic rings. The van der Waals surface area contributed by atoms with E-state index in [-0.39, 0.29) is 5.91 Å². The van der Waals surface area contributed by atoms with E-state index in [1.165, 1.54) is 29.1 Å². The molecule has 0 bridgehead atoms. The Morgan fingerprint density at radius 1 is 1.10 bits per heavy atom. The van der Waals surface area contributed by atoms with Crippen LogP contribution in [0.1, 0.15) is 46.4 Å². The first-order valence-electron chi connectivity index (χ1n) is 10.1. The maximum atomic E-state index is 12.8. The summed E-state index contributed by atoms with van der Waals surface area (Å²) < 4.78 is 2.25. The summed E-state index contributed by atoms with van der Waals surface area (Å²) >= 11 is 3.10. The van der Waals surface area contributed by atoms with Crippen LogP contribution in [0.4, 0.5) is 5.13 Å². The lowest BCUT2D eigenvalue weighted by molar-refractivity contribution is 0.103. The summed E-state index contributed by atoms with van der Waals surface area (Å²) in [5, 5.41) is 3.72. The molecule has 0 saturated heterocycles. The molecule has 1 aliphatic rings. The van der Waals surface area contributed by atoms with Crippen molar-refractivity contribution >= 4 is 44.7 Å². The number of nitrogens with one attached hydrogen (secondary N) is 1. The zero-order valence-corrected chi connectivity index (χ0v) is 17.9. The van der Waals surface area contributed by atoms with Gasteiger partial charge in [0.25, 0.3) is 5.91 Å². The van der Waals surface area contributed by atoms with Crippen molar-refractivity contribution in [2.75, 3.05) is 5.32 Å². The van der Waals surface area contributed by atoms with Gasteiger partial charge in [-0.3, -0.25) is 10.1 Å². The van der Waals surface area contributed by atoms with Crippen LogP contribution in [-0.4, -0.2) is 20.4 Å². The number of thiophene rings is 1. The molecule has 7 heteroatoms. The van der Waals surface area contributed by atoms with Crippen LogP contribution in [0.2, 0.25) is 0 Å². The Bertz CT molecular complexity index is 1160. The van der Waals surface area contributed by atoms with E-state index in [2.05, 4.69) is 27.9 Å². The fourth-order valence-corrected chi connectivity index (χ4v) is 5.80. The van der Waals surface area contributed by atoms with Gasteiger partial charge < -0.3 is 4.57 Å². The van der Waals surface area contributed by atoms with Crippen molar-refractivity contribution in [1.29, 1.82) is 0 Å². The topological polar surface area (TPSA) is 59.8 Å². The van der Waals surface area contributed by atoms with Gasteiger partial charge in [-0.25, -0.2) is 9.97 Å². The maximum absolute atomic E-state index is 12.8. The van der Waals surface area contributed by atoms with Crippen molar-refractivity contribution in [1.82, 2.24) is 14.5 Å². The number of hydrogen-bond acceptors (Lipinski definition) is 5. The zero-order valence-electron chi connectivity index (χ0n) is 16.3. The highest BCUT2D eigenvalue weighted by atomic mass is 32.1. The van der Waals surface area contributed by atoms with Crippen LogP contribution >= 0.6 is 22.7 Å². The summed E-state index contributed by atoms with van der Waals surface area (Å²) in [6.07, 6.45) is 5.55. The van der Waals surface area contributed by atoms with Crippen molar-refractivity contribution in [2.24, 2.45) is 0 Å². The Morgan fingerprint density at radius 2 is 1.97 bits per heavy atom. The van der Waals surface area contributed by atoms with Gasteiger partial charge in [-0.05, 0) is 56.4 Å². The molecule has 0 saturated carbocycles. The SMILES string of the molecule is CCCn1c(-c2ccc(C(=O)Nc3nc4c(s3)CCCC4)s2)nc2ccccc21. The molecule has 5 rings (SSSR count). The van der Waals surface area contributed by atoms with E-state index in [9.17, 15) is 4.79 Å². The predicted molar refractivity (Wildman–Crippen MR) is 120 cm³/mol. The van der Waals surface area contributed by atoms with E-state index < -0.39 is 0 Å². The van der Waals surface area contributed by atoms with Crippen LogP contribution in [-0.2, 0) is 19.4 Å². The third-order valence-electron chi connectivity index (χ3n) is 5.22. The fourth-order valence-electron chi connectivity index (χ4n) is 3.86. The Balaban J connectivity index is 1.42. The standard InChI is InChI=1S/C22H22N4OS2/c1-2-13-26-16-9-5-3-7-14(16)23-20(26)18-11-12-19(28-18)21(27)25-22-24-15-8-4-6-10-17(15)29-22/h3,5,7,9,11-12H,2,4,6,8,10,13H2,1H3,(H,24,25,27). The molecule has 3 aromatic heterocycles. The van der Waals surface area contributed by atoms with Gasteiger partial charge in [-0.2, -0.15) is 0 Å². The Morgan fingerprint density at radius 3 is 2.83 bits per heavy atom. The van der Waals surface area contributed by atoms with Gasteiger partial charge >= 0.3 is 0 Å². The van der Waals surface area contributed by atoms with Crippen LogP contribution in [0.15, 0.2) is 36.4 Å². The number of thiazole rings is 1. The number of aryl methyl sites for hydroxylation is 3. The lowest BCUT2D eigenvalue weighted by Crippen LogP contribution is -2.09. The second-order valence-electron chi connectivity index (χ2n) is 7.29. The number of amides is 1. The molecule has 0 radical (unpaired) electrons. The molecule has 1 aromatic carbocycles. The summed E-state index contributed by atoms with van der Waals surface area (Å²) in [5.41, 5.74) is 3.29. The van der Waals surface area contributed by atoms with Crippen LogP contribution in [0, 0.1) is 0 Å². The third-order valence-corrected chi connectivity index (χ3v) is 7.37. The number of imidazole rings is 1. The first kappa shape index (κ1) is 18.5. The average molecular weight is 423 g/mol. The minimum Gasteiger partial charge on any atom is -0.323 e. The van der Waals surface area contributed by atoms with E-state index in [0.717, 1.165) is 58.4 Å². The van der Waals surface area contributed by atoms with E-state index in [4.69, 9.17) is 4.98 Å². The number of nitrogens with zero attached hydrogens (tertiary/aromatic N) is 3. The molecule has 5 nitrogen and oxygen atoms in total. The fraction of sp³-hybridized carbons (Fsp3) is 0.318. The number of rotatable bonds is 5. The molecule has 29 heavy (non-hydrogen) atoms. The van der Waals surface area contributed by atoms with E-state index in [1.807, 2.05) is 30.3 Å². The van der Waals surface area contributed by atoms with E-state index >= 15 is 0 Å². The molecular formula is C22H22N4OS2. The van der Waals surface area contributed by atoms with Crippen molar-refractivity contribution in [3.05, 3.63) is 51.8 Å². The quantitative estimate of drug-likeness (QED) is 0.445. The van der Waals surface area contributed by atoms with E-state index in [1.54, 1.807) is 11.3 Å². The molecule has 1 N–H and O–H groups in total. The second-order valence-corrected chi connectivity index (χ2v) is 9.46. The van der Waals surface area contributed by atoms with Gasteiger partial charge in [0.1, 0.15) is 0 Å². The van der Waals surface area contributed by atoms with Crippen LogP contribution in [0.5, 0.6) is 0 Å². The first-order chi connectivity index (χ1) is 14.2. The number of carbonyl (C=O) groups is 1. The molecule has 0 unspecified atom stereocenters. The van der Waals surface area contributed by atoms with Gasteiger partial charge in [0, 0.05) is 11.4 Å². The minimum atomic E-state index is -0.0921. The molecule has 0 atom stereocenters. The van der Waals surface area contributed by atoms with Crippen molar-refractivity contribution < 1.29 is 4.79 Å². The number of aromatic nitrogens is 3. The van der Waals surface area contributed by atoms with Crippen molar-refractivity contribution in [3.8, 4) is 10.7 Å². The average Bonchev–Trinajstić information content (AvgIpc) is 3.44. The molecule has 3 heterocycles. The highest BCUT2D eigenvalue weighted by Crippen LogP contribution is 2.33. The number of para-hydroxylation sites is 2. The lowest BCUT2D eigenvalue weighted by Gasteiger charge is -2.06. The highest BCUT2D eigenvalue weighted by molar-refractivity contribution is 7.18. The number of hydrogen-bond donors (Lipinski definition) is 1. The van der Waals surface area contributed by atoms with E-state index in [0.29, 0.717) is 4.88 Å². The number of benzene rings is 1. The highest BCUT2D eigenvalue weighted by Gasteiger charge is 2.19. The molecule has 148 valence electrons. The Labute approximate surface area is 177 Å². The monoisotopic (exact) mass is 422 g/mol. The van der Waals surface area contributed by atoms with Crippen LogP contribution in [0.25, 0.3) is 21.7 Å². The first-order valence-corrected chi connectivity index (χ1v) is 11.7. The summed E-state index contributed by atoms with van der Waals surface area (Å²) in [4.78, 5) is 25.3. The van der Waals surface area contributed by atoms with Crippen molar-refractivity contribution in [3.63, 3.8) is 0 Å². The predicted octanol–water partition coefficient (Wildman–Crippen LogP) is 5.76. The summed E-state index contributed by atoms with van der Waals surface area (Å²) in [6.45, 7) is 3.07.